The van der Waals surface area contributed by atoms with Crippen molar-refractivity contribution < 1.29 is 14.4 Å². The summed E-state index contributed by atoms with van der Waals surface area (Å²) in [5, 5.41) is 8.45. The molecule has 0 aliphatic carbocycles. The van der Waals surface area contributed by atoms with E-state index in [1.54, 1.807) is 6.07 Å². The molecule has 0 aliphatic rings. The smallest absolute Gasteiger partial charge is 0.310 e. The van der Waals surface area contributed by atoms with Gasteiger partial charge in [0.1, 0.15) is 5.76 Å². The number of hydrogen-bond acceptors (Lipinski definition) is 3. The first kappa shape index (κ1) is 10.9. The molecule has 1 heterocycles. The molecule has 2 N–H and O–H groups in total. The quantitative estimate of drug-likeness (QED) is 0.657. The van der Waals surface area contributed by atoms with Crippen LogP contribution in [0.4, 0.5) is 0 Å². The first-order valence-electron chi connectivity index (χ1n) is 4.51. The number of hydroxylamine groups is 1. The van der Waals surface area contributed by atoms with Gasteiger partial charge in [-0.3, -0.25) is 10.0 Å². The highest BCUT2D eigenvalue weighted by atomic mass is 79.9. The summed E-state index contributed by atoms with van der Waals surface area (Å²) in [5.41, 5.74) is 2.36. The molecular formula is C11H8BrNO3. The van der Waals surface area contributed by atoms with Crippen LogP contribution >= 0.6 is 15.9 Å². The maximum Gasteiger partial charge on any atom is 0.310 e. The lowest BCUT2D eigenvalue weighted by atomic mass is 10.2. The van der Waals surface area contributed by atoms with Crippen molar-refractivity contribution in [1.82, 2.24) is 5.48 Å². The number of furan rings is 1. The highest BCUT2D eigenvalue weighted by Crippen LogP contribution is 2.29. The Morgan fingerprint density at radius 3 is 2.69 bits per heavy atom. The molecule has 0 atom stereocenters. The fourth-order valence-electron chi connectivity index (χ4n) is 1.32. The Morgan fingerprint density at radius 2 is 2.00 bits per heavy atom. The van der Waals surface area contributed by atoms with Gasteiger partial charge in [0.05, 0.1) is 0 Å². The van der Waals surface area contributed by atoms with Crippen LogP contribution in [0.3, 0.4) is 0 Å². The minimum atomic E-state index is -0.668. The predicted octanol–water partition coefficient (Wildman–Crippen LogP) is 2.83. The van der Waals surface area contributed by atoms with E-state index in [9.17, 15) is 4.79 Å². The van der Waals surface area contributed by atoms with E-state index in [1.165, 1.54) is 11.5 Å². The van der Waals surface area contributed by atoms with Gasteiger partial charge in [0.2, 0.25) is 0 Å². The molecule has 0 unspecified atom stereocenters. The molecule has 1 amide bonds. The molecule has 1 aromatic carbocycles. The van der Waals surface area contributed by atoms with Gasteiger partial charge in [0, 0.05) is 10.0 Å². The zero-order valence-corrected chi connectivity index (χ0v) is 9.69. The molecule has 0 spiro atoms. The standard InChI is InChI=1S/C11H8BrNO3/c12-8-4-2-1-3-7(8)9-5-6-10(16-9)11(14)13-15/h1-6,15H,(H,13,14). The molecule has 2 aromatic rings. The highest BCUT2D eigenvalue weighted by molar-refractivity contribution is 9.10. The Hall–Kier alpha value is -1.59. The molecule has 0 aliphatic heterocycles. The Balaban J connectivity index is 2.39. The summed E-state index contributed by atoms with van der Waals surface area (Å²) < 4.78 is 6.18. The molecule has 0 radical (unpaired) electrons. The van der Waals surface area contributed by atoms with E-state index in [-0.39, 0.29) is 5.76 Å². The molecule has 0 saturated heterocycles. The van der Waals surface area contributed by atoms with Gasteiger partial charge in [-0.05, 0) is 18.2 Å². The fraction of sp³-hybridized carbons (Fsp3) is 0. The van der Waals surface area contributed by atoms with Crippen LogP contribution in [-0.4, -0.2) is 11.1 Å². The molecule has 0 bridgehead atoms. The van der Waals surface area contributed by atoms with Gasteiger partial charge >= 0.3 is 5.91 Å². The predicted molar refractivity (Wildman–Crippen MR) is 61.1 cm³/mol. The van der Waals surface area contributed by atoms with E-state index >= 15 is 0 Å². The van der Waals surface area contributed by atoms with Crippen molar-refractivity contribution >= 4 is 21.8 Å². The summed E-state index contributed by atoms with van der Waals surface area (Å²) in [7, 11) is 0. The average Bonchev–Trinajstić information content (AvgIpc) is 2.78. The molecule has 2 rings (SSSR count). The number of nitrogens with one attached hydrogen (secondary N) is 1. The molecular weight excluding hydrogens is 274 g/mol. The average molecular weight is 282 g/mol. The number of benzene rings is 1. The number of carbonyl (C=O) groups excluding carboxylic acids is 1. The lowest BCUT2D eigenvalue weighted by Crippen LogP contribution is -2.17. The third-order valence-corrected chi connectivity index (χ3v) is 2.76. The molecule has 4 nitrogen and oxygen atoms in total. The first-order chi connectivity index (χ1) is 7.72. The van der Waals surface area contributed by atoms with E-state index in [4.69, 9.17) is 9.62 Å². The van der Waals surface area contributed by atoms with E-state index in [1.807, 2.05) is 24.3 Å². The summed E-state index contributed by atoms with van der Waals surface area (Å²) >= 11 is 3.39. The van der Waals surface area contributed by atoms with Crippen molar-refractivity contribution in [3.8, 4) is 11.3 Å². The van der Waals surface area contributed by atoms with Crippen molar-refractivity contribution in [3.63, 3.8) is 0 Å². The van der Waals surface area contributed by atoms with Gasteiger partial charge in [0.15, 0.2) is 5.76 Å². The van der Waals surface area contributed by atoms with Gasteiger partial charge < -0.3 is 4.42 Å². The van der Waals surface area contributed by atoms with Crippen LogP contribution in [0.1, 0.15) is 10.6 Å². The van der Waals surface area contributed by atoms with Crippen LogP contribution in [-0.2, 0) is 0 Å². The zero-order chi connectivity index (χ0) is 11.5. The Morgan fingerprint density at radius 1 is 1.25 bits per heavy atom. The second kappa shape index (κ2) is 4.51. The lowest BCUT2D eigenvalue weighted by molar-refractivity contribution is 0.0677. The second-order valence-corrected chi connectivity index (χ2v) is 3.94. The zero-order valence-electron chi connectivity index (χ0n) is 8.11. The van der Waals surface area contributed by atoms with Gasteiger partial charge in [-0.25, -0.2) is 5.48 Å². The van der Waals surface area contributed by atoms with Crippen molar-refractivity contribution in [2.24, 2.45) is 0 Å². The highest BCUT2D eigenvalue weighted by Gasteiger charge is 2.12. The Kier molecular flexibility index (Phi) is 3.07. The largest absolute Gasteiger partial charge is 0.451 e. The Labute approximate surface area is 100.0 Å². The van der Waals surface area contributed by atoms with Crippen LogP contribution in [0.5, 0.6) is 0 Å². The second-order valence-electron chi connectivity index (χ2n) is 3.08. The van der Waals surface area contributed by atoms with Gasteiger partial charge in [-0.1, -0.05) is 34.1 Å². The minimum Gasteiger partial charge on any atom is -0.451 e. The molecule has 1 aromatic heterocycles. The van der Waals surface area contributed by atoms with Crippen LogP contribution in [0.15, 0.2) is 45.3 Å². The lowest BCUT2D eigenvalue weighted by Gasteiger charge is -1.99. The number of halogens is 1. The third-order valence-electron chi connectivity index (χ3n) is 2.07. The van der Waals surface area contributed by atoms with Gasteiger partial charge in [-0.2, -0.15) is 0 Å². The summed E-state index contributed by atoms with van der Waals surface area (Å²) in [6.07, 6.45) is 0. The van der Waals surface area contributed by atoms with Crippen LogP contribution < -0.4 is 5.48 Å². The van der Waals surface area contributed by atoms with Crippen molar-refractivity contribution in [2.75, 3.05) is 0 Å². The summed E-state index contributed by atoms with van der Waals surface area (Å²) in [4.78, 5) is 11.1. The minimum absolute atomic E-state index is 0.0632. The van der Waals surface area contributed by atoms with Crippen molar-refractivity contribution in [1.29, 1.82) is 0 Å². The molecule has 16 heavy (non-hydrogen) atoms. The van der Waals surface area contributed by atoms with Crippen LogP contribution in [0.2, 0.25) is 0 Å². The van der Waals surface area contributed by atoms with E-state index in [0.717, 1.165) is 10.0 Å². The molecule has 82 valence electrons. The number of carbonyl (C=O) groups is 1. The van der Waals surface area contributed by atoms with Gasteiger partial charge in [-0.15, -0.1) is 0 Å². The SMILES string of the molecule is O=C(NO)c1ccc(-c2ccccc2Br)o1. The summed E-state index contributed by atoms with van der Waals surface area (Å²) in [6, 6.07) is 10.7. The van der Waals surface area contributed by atoms with E-state index < -0.39 is 5.91 Å². The first-order valence-corrected chi connectivity index (χ1v) is 5.31. The topological polar surface area (TPSA) is 62.5 Å². The monoisotopic (exact) mass is 281 g/mol. The maximum atomic E-state index is 11.1. The van der Waals surface area contributed by atoms with Crippen LogP contribution in [0, 0.1) is 0 Å². The normalized spacial score (nSPS) is 10.1. The molecule has 5 heteroatoms. The molecule has 0 saturated carbocycles. The van der Waals surface area contributed by atoms with Crippen molar-refractivity contribution in [3.05, 3.63) is 46.6 Å². The van der Waals surface area contributed by atoms with Crippen LogP contribution in [0.25, 0.3) is 11.3 Å². The number of amides is 1. The van der Waals surface area contributed by atoms with Gasteiger partial charge in [0.25, 0.3) is 0 Å². The van der Waals surface area contributed by atoms with E-state index in [2.05, 4.69) is 15.9 Å². The van der Waals surface area contributed by atoms with E-state index in [0.29, 0.717) is 5.76 Å². The Bertz CT molecular complexity index is 521. The summed E-state index contributed by atoms with van der Waals surface area (Å²) in [6.45, 7) is 0. The maximum absolute atomic E-state index is 11.1. The third kappa shape index (κ3) is 2.00. The fourth-order valence-corrected chi connectivity index (χ4v) is 1.80. The van der Waals surface area contributed by atoms with Crippen molar-refractivity contribution in [2.45, 2.75) is 0 Å². The number of hydrogen-bond donors (Lipinski definition) is 2. The molecule has 0 fully saturated rings. The summed E-state index contributed by atoms with van der Waals surface area (Å²) in [5.74, 6) is -0.0439. The number of rotatable bonds is 2.